The number of nitrogens with zero attached hydrogens (tertiary/aromatic N) is 1. The summed E-state index contributed by atoms with van der Waals surface area (Å²) in [6.45, 7) is 2.75. The van der Waals surface area contributed by atoms with Crippen molar-refractivity contribution in [2.24, 2.45) is 11.7 Å². The third kappa shape index (κ3) is 4.48. The van der Waals surface area contributed by atoms with Crippen molar-refractivity contribution in [1.29, 1.82) is 0 Å². The van der Waals surface area contributed by atoms with Gasteiger partial charge >= 0.3 is 0 Å². The molecule has 1 aliphatic heterocycles. The molecule has 5 nitrogen and oxygen atoms in total. The number of carbonyl (C=O) groups excluding carboxylic acids is 1. The zero-order chi connectivity index (χ0) is 17.8. The number of hydrogen-bond donors (Lipinski definition) is 1. The van der Waals surface area contributed by atoms with Crippen molar-refractivity contribution in [2.75, 3.05) is 20.2 Å². The standard InChI is InChI=1S/C20H24N2O3.ClH/c1-14(19(21)15-8-4-3-5-9-15)20(23)22(2)12-16-13-24-17-10-6-7-11-18(17)25-16;/h3-11,14,16,19H,12-13,21H2,1-2H3;1H. The molecule has 1 heterocycles. The minimum atomic E-state index is -0.333. The zero-order valence-electron chi connectivity index (χ0n) is 15.0. The SMILES string of the molecule is CC(C(=O)N(C)CC1COc2ccccc2O1)C(N)c1ccccc1.Cl. The van der Waals surface area contributed by atoms with Crippen molar-refractivity contribution in [1.82, 2.24) is 4.90 Å². The Labute approximate surface area is 160 Å². The van der Waals surface area contributed by atoms with Crippen LogP contribution in [0.15, 0.2) is 54.6 Å². The Kier molecular flexibility index (Phi) is 6.89. The van der Waals surface area contributed by atoms with E-state index in [0.717, 1.165) is 11.3 Å². The summed E-state index contributed by atoms with van der Waals surface area (Å²) in [7, 11) is 1.78. The number of likely N-dealkylation sites (N-methyl/N-ethyl adjacent to an activating group) is 1. The maximum Gasteiger partial charge on any atom is 0.227 e. The van der Waals surface area contributed by atoms with Crippen LogP contribution in [-0.4, -0.2) is 37.1 Å². The molecule has 3 atom stereocenters. The molecular formula is C20H25ClN2O3. The van der Waals surface area contributed by atoms with E-state index in [1.54, 1.807) is 11.9 Å². The number of nitrogens with two attached hydrogens (primary N) is 1. The number of para-hydroxylation sites is 2. The Morgan fingerprint density at radius 2 is 1.77 bits per heavy atom. The maximum atomic E-state index is 12.7. The van der Waals surface area contributed by atoms with Crippen molar-refractivity contribution in [3.8, 4) is 11.5 Å². The zero-order valence-corrected chi connectivity index (χ0v) is 15.8. The average molecular weight is 377 g/mol. The summed E-state index contributed by atoms with van der Waals surface area (Å²) in [5.41, 5.74) is 7.23. The highest BCUT2D eigenvalue weighted by Gasteiger charge is 2.28. The molecule has 2 aromatic rings. The van der Waals surface area contributed by atoms with Gasteiger partial charge in [-0.15, -0.1) is 12.4 Å². The minimum absolute atomic E-state index is 0. The van der Waals surface area contributed by atoms with E-state index in [-0.39, 0.29) is 36.4 Å². The lowest BCUT2D eigenvalue weighted by Gasteiger charge is -2.31. The molecule has 26 heavy (non-hydrogen) atoms. The lowest BCUT2D eigenvalue weighted by molar-refractivity contribution is -0.135. The highest BCUT2D eigenvalue weighted by atomic mass is 35.5. The van der Waals surface area contributed by atoms with E-state index < -0.39 is 0 Å². The monoisotopic (exact) mass is 376 g/mol. The van der Waals surface area contributed by atoms with E-state index in [9.17, 15) is 4.79 Å². The van der Waals surface area contributed by atoms with Crippen LogP contribution in [0.4, 0.5) is 0 Å². The highest BCUT2D eigenvalue weighted by molar-refractivity contribution is 5.85. The van der Waals surface area contributed by atoms with Crippen LogP contribution in [0.1, 0.15) is 18.5 Å². The molecule has 0 spiro atoms. The number of amides is 1. The van der Waals surface area contributed by atoms with Crippen LogP contribution < -0.4 is 15.2 Å². The second-order valence-electron chi connectivity index (χ2n) is 6.44. The summed E-state index contributed by atoms with van der Waals surface area (Å²) >= 11 is 0. The molecule has 0 fully saturated rings. The van der Waals surface area contributed by atoms with Crippen molar-refractivity contribution < 1.29 is 14.3 Å². The van der Waals surface area contributed by atoms with Gasteiger partial charge in [0.1, 0.15) is 6.61 Å². The topological polar surface area (TPSA) is 64.8 Å². The van der Waals surface area contributed by atoms with Crippen LogP contribution in [0.2, 0.25) is 0 Å². The van der Waals surface area contributed by atoms with Crippen molar-refractivity contribution in [3.63, 3.8) is 0 Å². The number of rotatable bonds is 5. The fourth-order valence-corrected chi connectivity index (χ4v) is 3.01. The molecule has 140 valence electrons. The van der Waals surface area contributed by atoms with Crippen LogP contribution in [0.5, 0.6) is 11.5 Å². The summed E-state index contributed by atoms with van der Waals surface area (Å²) in [4.78, 5) is 14.4. The van der Waals surface area contributed by atoms with Gasteiger partial charge in [-0.1, -0.05) is 49.4 Å². The summed E-state index contributed by atoms with van der Waals surface area (Å²) in [5, 5.41) is 0. The predicted molar refractivity (Wildman–Crippen MR) is 104 cm³/mol. The number of carbonyl (C=O) groups is 1. The predicted octanol–water partition coefficient (Wildman–Crippen LogP) is 3.04. The van der Waals surface area contributed by atoms with E-state index in [4.69, 9.17) is 15.2 Å². The molecule has 2 aromatic carbocycles. The fraction of sp³-hybridized carbons (Fsp3) is 0.350. The summed E-state index contributed by atoms with van der Waals surface area (Å²) in [6.07, 6.45) is -0.191. The number of ether oxygens (including phenoxy) is 2. The molecule has 1 amide bonds. The van der Waals surface area contributed by atoms with Crippen LogP contribution >= 0.6 is 12.4 Å². The van der Waals surface area contributed by atoms with E-state index in [2.05, 4.69) is 0 Å². The van der Waals surface area contributed by atoms with Gasteiger partial charge in [-0.3, -0.25) is 4.79 Å². The van der Waals surface area contributed by atoms with E-state index >= 15 is 0 Å². The normalized spacial score (nSPS) is 17.6. The van der Waals surface area contributed by atoms with E-state index in [1.807, 2.05) is 61.5 Å². The van der Waals surface area contributed by atoms with Crippen molar-refractivity contribution in [3.05, 3.63) is 60.2 Å². The smallest absolute Gasteiger partial charge is 0.227 e. The Morgan fingerprint density at radius 1 is 1.15 bits per heavy atom. The first-order valence-electron chi connectivity index (χ1n) is 8.50. The third-order valence-electron chi connectivity index (χ3n) is 4.53. The minimum Gasteiger partial charge on any atom is -0.486 e. The van der Waals surface area contributed by atoms with Gasteiger partial charge in [-0.2, -0.15) is 0 Å². The largest absolute Gasteiger partial charge is 0.486 e. The van der Waals surface area contributed by atoms with Crippen LogP contribution in [0.3, 0.4) is 0 Å². The second kappa shape index (κ2) is 8.92. The second-order valence-corrected chi connectivity index (χ2v) is 6.44. The number of hydrogen-bond acceptors (Lipinski definition) is 4. The number of fused-ring (bicyclic) bond motifs is 1. The number of halogens is 1. The summed E-state index contributed by atoms with van der Waals surface area (Å²) < 4.78 is 11.6. The molecule has 6 heteroatoms. The molecule has 0 saturated heterocycles. The van der Waals surface area contributed by atoms with Crippen LogP contribution in [0.25, 0.3) is 0 Å². The summed E-state index contributed by atoms with van der Waals surface area (Å²) in [5.74, 6) is 1.14. The Bertz CT molecular complexity index is 726. The lowest BCUT2D eigenvalue weighted by Crippen LogP contribution is -2.45. The Morgan fingerprint density at radius 3 is 2.46 bits per heavy atom. The molecule has 3 rings (SSSR count). The van der Waals surface area contributed by atoms with Crippen molar-refractivity contribution >= 4 is 18.3 Å². The summed E-state index contributed by atoms with van der Waals surface area (Å²) in [6, 6.07) is 16.9. The van der Waals surface area contributed by atoms with Gasteiger partial charge in [0.2, 0.25) is 5.91 Å². The molecule has 1 aliphatic rings. The maximum absolute atomic E-state index is 12.7. The average Bonchev–Trinajstić information content (AvgIpc) is 2.66. The van der Waals surface area contributed by atoms with Gasteiger partial charge < -0.3 is 20.1 Å². The van der Waals surface area contributed by atoms with Crippen molar-refractivity contribution in [2.45, 2.75) is 19.1 Å². The van der Waals surface area contributed by atoms with Gasteiger partial charge in [0.05, 0.1) is 12.5 Å². The van der Waals surface area contributed by atoms with Gasteiger partial charge in [0.15, 0.2) is 17.6 Å². The van der Waals surface area contributed by atoms with Crippen LogP contribution in [0, 0.1) is 5.92 Å². The molecule has 3 unspecified atom stereocenters. The Hall–Kier alpha value is -2.24. The third-order valence-corrected chi connectivity index (χ3v) is 4.53. The first-order valence-corrected chi connectivity index (χ1v) is 8.50. The fourth-order valence-electron chi connectivity index (χ4n) is 3.01. The molecule has 0 bridgehead atoms. The lowest BCUT2D eigenvalue weighted by atomic mass is 9.94. The first kappa shape index (κ1) is 20.1. The van der Waals surface area contributed by atoms with Gasteiger partial charge in [0, 0.05) is 13.1 Å². The molecule has 0 saturated carbocycles. The highest BCUT2D eigenvalue weighted by Crippen LogP contribution is 2.31. The van der Waals surface area contributed by atoms with Gasteiger partial charge in [-0.05, 0) is 17.7 Å². The van der Waals surface area contributed by atoms with Gasteiger partial charge in [-0.25, -0.2) is 0 Å². The molecule has 0 radical (unpaired) electrons. The number of benzene rings is 2. The molecular weight excluding hydrogens is 352 g/mol. The Balaban J connectivity index is 0.00000243. The van der Waals surface area contributed by atoms with E-state index in [0.29, 0.717) is 18.9 Å². The van der Waals surface area contributed by atoms with E-state index in [1.165, 1.54) is 0 Å². The molecule has 0 aliphatic carbocycles. The quantitative estimate of drug-likeness (QED) is 0.871. The first-order chi connectivity index (χ1) is 12.1. The van der Waals surface area contributed by atoms with Crippen LogP contribution in [-0.2, 0) is 4.79 Å². The van der Waals surface area contributed by atoms with Gasteiger partial charge in [0.25, 0.3) is 0 Å². The molecule has 0 aromatic heterocycles. The molecule has 2 N–H and O–H groups in total.